The summed E-state index contributed by atoms with van der Waals surface area (Å²) in [7, 11) is 1.23. The van der Waals surface area contributed by atoms with Crippen LogP contribution in [0.1, 0.15) is 39.2 Å². The Bertz CT molecular complexity index is 739. The molecule has 1 heterocycles. The van der Waals surface area contributed by atoms with Crippen molar-refractivity contribution in [3.8, 4) is 6.07 Å². The zero-order chi connectivity index (χ0) is 23.2. The van der Waals surface area contributed by atoms with Crippen molar-refractivity contribution in [3.63, 3.8) is 0 Å². The molecule has 5 N–H and O–H groups in total. The first-order valence-corrected chi connectivity index (χ1v) is 5.33. The fourth-order valence-corrected chi connectivity index (χ4v) is 1.14. The first-order valence-electron chi connectivity index (χ1n) is 8.14. The molecule has 0 fully saturated rings. The second-order valence-electron chi connectivity index (χ2n) is 2.00. The molecule has 1 aromatic heterocycles. The van der Waals surface area contributed by atoms with Crippen LogP contribution in [0.25, 0.3) is 0 Å². The molecule has 10 heteroatoms. The Hall–Kier alpha value is -1.63. The van der Waals surface area contributed by atoms with E-state index in [4.69, 9.17) is 38.8 Å². The number of nitrogens with zero attached hydrogens (tertiary/aromatic N) is 1. The maximum atomic E-state index is 10.9. The van der Waals surface area contributed by atoms with E-state index in [2.05, 4.69) is 10.6 Å². The molecule has 0 aromatic carbocycles. The van der Waals surface area contributed by atoms with Crippen molar-refractivity contribution < 1.29 is 34.8 Å². The molecule has 0 atom stereocenters. The first kappa shape index (κ1) is 14.0. The number of nitrogens with two attached hydrogens (primary N) is 2. The number of aldehydes is 1. The number of hydrogen-bond acceptors (Lipinski definition) is 8. The van der Waals surface area contributed by atoms with Gasteiger partial charge in [0, 0.05) is 20.0 Å². The number of anilines is 1. The van der Waals surface area contributed by atoms with Crippen LogP contribution in [0.5, 0.6) is 0 Å². The molecule has 0 bridgehead atoms. The van der Waals surface area contributed by atoms with Crippen LogP contribution < -0.4 is 11.6 Å². The van der Waals surface area contributed by atoms with Crippen LogP contribution in [0, 0.1) is 11.3 Å². The van der Waals surface area contributed by atoms with Crippen molar-refractivity contribution in [2.24, 2.45) is 5.90 Å². The highest BCUT2D eigenvalue weighted by Crippen LogP contribution is 2.18. The maximum absolute atomic E-state index is 10.9. The van der Waals surface area contributed by atoms with Gasteiger partial charge in [-0.3, -0.25) is 0 Å². The van der Waals surface area contributed by atoms with E-state index in [1.54, 1.807) is 0 Å². The van der Waals surface area contributed by atoms with Gasteiger partial charge in [0.05, 0.1) is 24.3 Å². The minimum atomic E-state index is -2.72. The quantitative estimate of drug-likeness (QED) is 0.288. The summed E-state index contributed by atoms with van der Waals surface area (Å²) < 4.78 is 56.3. The van der Waals surface area contributed by atoms with E-state index in [1.165, 1.54) is 13.2 Å². The Morgan fingerprint density at radius 2 is 2.27 bits per heavy atom. The Balaban J connectivity index is -0.0000000444. The smallest absolute Gasteiger partial charge is 0.350 e. The standard InChI is InChI=1S/C6H7NO2S.C3H2ClN.C2H4O.CH4.ClH.H3NO.3H2/c1-9-6(8)5-4(7)2-3-10-5;4-2-1-3-5;1-2-3;;;1-2;;;/h2-3H,7H2,1H3;1-2H;2H,1H3;1H4;1H;2H,1H2;3*1H/b;2-1+;;;;;;;/i2D,3D;1D,2D;1D3,2D;;;;;;. The van der Waals surface area contributed by atoms with Crippen molar-refractivity contribution in [3.05, 3.63) is 27.8 Å². The van der Waals surface area contributed by atoms with Gasteiger partial charge in [-0.25, -0.2) is 10.7 Å². The lowest BCUT2D eigenvalue weighted by Gasteiger charge is -1.94. The van der Waals surface area contributed by atoms with Gasteiger partial charge in [0.15, 0.2) is 0 Å². The molecule has 0 saturated carbocycles. The van der Waals surface area contributed by atoms with Crippen molar-refractivity contribution >= 4 is 53.3 Å². The number of carbonyl (C=O) groups is 2. The first-order chi connectivity index (χ1) is 12.7. The van der Waals surface area contributed by atoms with Gasteiger partial charge >= 0.3 is 5.97 Å². The molecule has 0 aliphatic carbocycles. The van der Waals surface area contributed by atoms with Crippen LogP contribution in [0.2, 0.25) is 0 Å². The number of carbonyl (C=O) groups excluding carboxylic acids is 2. The number of nitriles is 1. The molecule has 0 aliphatic rings. The lowest BCUT2D eigenvalue weighted by Crippen LogP contribution is -2.00. The Morgan fingerprint density at radius 3 is 2.45 bits per heavy atom. The van der Waals surface area contributed by atoms with Gasteiger partial charge in [0.1, 0.15) is 12.5 Å². The van der Waals surface area contributed by atoms with E-state index >= 15 is 0 Å². The number of halogens is 2. The van der Waals surface area contributed by atoms with E-state index in [1.807, 2.05) is 0 Å². The molecule has 0 spiro atoms. The third-order valence-electron chi connectivity index (χ3n) is 1.06. The van der Waals surface area contributed by atoms with E-state index in [0.717, 1.165) is 11.3 Å². The van der Waals surface area contributed by atoms with E-state index < -0.39 is 30.6 Å². The maximum Gasteiger partial charge on any atom is 0.350 e. The van der Waals surface area contributed by atoms with E-state index in [9.17, 15) is 9.59 Å². The number of methoxy groups -OCH3 is 1. The summed E-state index contributed by atoms with van der Waals surface area (Å²) in [6.45, 7) is -2.72. The zero-order valence-corrected chi connectivity index (χ0v) is 12.9. The average molecular weight is 388 g/mol. The fourth-order valence-electron chi connectivity index (χ4n) is 0.509. The van der Waals surface area contributed by atoms with Crippen LogP contribution in [0.4, 0.5) is 5.69 Å². The zero-order valence-electron chi connectivity index (χ0n) is 18.5. The van der Waals surface area contributed by atoms with Crippen LogP contribution >= 0.6 is 35.3 Å². The summed E-state index contributed by atoms with van der Waals surface area (Å²) in [5, 5.41) is 14.3. The highest BCUT2D eigenvalue weighted by atomic mass is 35.5. The predicted molar refractivity (Wildman–Crippen MR) is 98.7 cm³/mol. The fraction of sp³-hybridized carbons (Fsp3) is 0.250. The van der Waals surface area contributed by atoms with Gasteiger partial charge in [-0.05, 0) is 18.3 Å². The monoisotopic (exact) mass is 387 g/mol. The van der Waals surface area contributed by atoms with Crippen LogP contribution in [0.15, 0.2) is 23.0 Å². The third kappa shape index (κ3) is 20.7. The van der Waals surface area contributed by atoms with Gasteiger partial charge in [-0.1, -0.05) is 19.0 Å². The van der Waals surface area contributed by atoms with Crippen molar-refractivity contribution in [2.75, 3.05) is 12.8 Å². The molecule has 0 saturated heterocycles. The summed E-state index contributed by atoms with van der Waals surface area (Å²) in [4.78, 5) is 20.6. The largest absolute Gasteiger partial charge is 0.465 e. The highest BCUT2D eigenvalue weighted by Gasteiger charge is 2.09. The Kier molecular flexibility index (Phi) is 17.6. The normalized spacial score (nSPS) is 13.6. The molecule has 0 amide bonds. The number of thiophene rings is 1. The van der Waals surface area contributed by atoms with Gasteiger partial charge in [0.2, 0.25) is 0 Å². The lowest BCUT2D eigenvalue weighted by atomic mass is 10.4. The summed E-state index contributed by atoms with van der Waals surface area (Å²) in [5.41, 5.74) is 4.90. The van der Waals surface area contributed by atoms with Crippen molar-refractivity contribution in [2.45, 2.75) is 14.3 Å². The molecule has 7 nitrogen and oxygen atoms in total. The second-order valence-corrected chi connectivity index (χ2v) is 3.00. The predicted octanol–water partition coefficient (Wildman–Crippen LogP) is 3.71. The number of rotatable bonds is 1. The molecular formula is C12H27Cl2N3O4S. The minimum absolute atomic E-state index is 0. The molecule has 0 unspecified atom stereocenters. The highest BCUT2D eigenvalue weighted by molar-refractivity contribution is 7.12. The number of ether oxygens (including phenoxy) is 1. The summed E-state index contributed by atoms with van der Waals surface area (Å²) >= 11 is 5.72. The summed E-state index contributed by atoms with van der Waals surface area (Å²) in [6.07, 6.45) is -1.51. The lowest BCUT2D eigenvalue weighted by molar-refractivity contribution is -0.106. The van der Waals surface area contributed by atoms with E-state index in [-0.39, 0.29) is 46.1 Å². The van der Waals surface area contributed by atoms with E-state index in [0.29, 0.717) is 0 Å². The van der Waals surface area contributed by atoms with Crippen LogP contribution in [0.3, 0.4) is 0 Å². The molecule has 22 heavy (non-hydrogen) atoms. The second kappa shape index (κ2) is 27.7. The number of esters is 1. The number of allylic oxidation sites excluding steroid dienone is 1. The van der Waals surface area contributed by atoms with Gasteiger partial charge in [-0.15, -0.1) is 23.7 Å². The van der Waals surface area contributed by atoms with Crippen molar-refractivity contribution in [1.29, 1.82) is 5.26 Å². The summed E-state index contributed by atoms with van der Waals surface area (Å²) in [5.74, 6) is 2.91. The van der Waals surface area contributed by atoms with Crippen LogP contribution in [-0.2, 0) is 9.53 Å². The van der Waals surface area contributed by atoms with Gasteiger partial charge < -0.3 is 20.5 Å². The SMILES string of the molecule is C.Cl.NO.[2H]/C(Cl)=C(/[2H])C#N.[2H]C(=O)C([2H])([2H])[2H].[2H]c1sc(C(=O)OC)c(N)c1[2H].[HH].[HH].[HH]. The van der Waals surface area contributed by atoms with Crippen LogP contribution in [-0.4, -0.2) is 24.5 Å². The molecule has 0 aliphatic heterocycles. The number of nitrogen functional groups attached to an aromatic ring is 1. The minimum Gasteiger partial charge on any atom is -0.465 e. The number of hydrogen-bond donors (Lipinski definition) is 3. The topological polar surface area (TPSA) is 139 Å². The average Bonchev–Trinajstić information content (AvgIpc) is 2.89. The van der Waals surface area contributed by atoms with Crippen molar-refractivity contribution in [1.82, 2.24) is 0 Å². The molecule has 134 valence electrons. The Labute approximate surface area is 161 Å². The molecule has 1 rings (SSSR count). The van der Waals surface area contributed by atoms with Gasteiger partial charge in [-0.2, -0.15) is 5.26 Å². The summed E-state index contributed by atoms with van der Waals surface area (Å²) in [6, 6.07) is 0.782. The third-order valence-corrected chi connectivity index (χ3v) is 1.95. The Morgan fingerprint density at radius 1 is 1.77 bits per heavy atom. The molecule has 1 aromatic rings. The molecule has 0 radical (unpaired) electrons. The van der Waals surface area contributed by atoms with Gasteiger partial charge in [0.25, 0.3) is 0 Å². The molecular weight excluding hydrogens is 353 g/mol.